The van der Waals surface area contributed by atoms with Crippen LogP contribution in [-0.2, 0) is 5.60 Å². The van der Waals surface area contributed by atoms with Crippen LogP contribution in [0.1, 0.15) is 166 Å². The van der Waals surface area contributed by atoms with E-state index >= 15 is 0 Å². The molecule has 382 valence electrons. The summed E-state index contributed by atoms with van der Waals surface area (Å²) < 4.78 is 31.8. The molecule has 6 nitrogen and oxygen atoms in total. The van der Waals surface area contributed by atoms with E-state index in [2.05, 4.69) is 160 Å². The quantitative estimate of drug-likeness (QED) is 0.0480. The number of hydrogen-bond acceptors (Lipinski definition) is 6. The van der Waals surface area contributed by atoms with Crippen LogP contribution >= 0.6 is 0 Å². The Hall–Kier alpha value is -5.88. The lowest BCUT2D eigenvalue weighted by Crippen LogP contribution is -2.51. The van der Waals surface area contributed by atoms with E-state index in [1.165, 1.54) is 102 Å². The summed E-state index contributed by atoms with van der Waals surface area (Å²) in [5.74, 6) is 3.97. The van der Waals surface area contributed by atoms with Gasteiger partial charge in [-0.2, -0.15) is 0 Å². The molecular formula is C66H83NO5. The van der Waals surface area contributed by atoms with Crippen molar-refractivity contribution in [2.45, 2.75) is 161 Å². The standard InChI is InChI=1S/C66H83NO5/c1-7-11-13-15-16-17-18-19-20-24-46-70-56-37-29-51(30-38-56)50-25-27-52(28-26-50)59-47-62-58(60-48-63(68-5)64(69-6)49-61(59)60)41-43-66(72-62,54-33-39-57(40-34-54)71-45-23-14-12-8-2)53-31-35-55(36-32-53)67-44-22-21-42-65(67,9-3)10-4/h25-41,43,47-49H,7-24,42,44-46H2,1-6H3. The van der Waals surface area contributed by atoms with Crippen molar-refractivity contribution < 1.29 is 23.7 Å². The molecule has 8 rings (SSSR count). The van der Waals surface area contributed by atoms with Gasteiger partial charge in [0.2, 0.25) is 0 Å². The molecule has 6 heteroatoms. The lowest BCUT2D eigenvalue weighted by atomic mass is 9.80. The second kappa shape index (κ2) is 25.7. The van der Waals surface area contributed by atoms with E-state index in [4.69, 9.17) is 23.7 Å². The first kappa shape index (κ1) is 52.4. The molecule has 1 unspecified atom stereocenters. The third-order valence-electron chi connectivity index (χ3n) is 15.9. The van der Waals surface area contributed by atoms with E-state index in [-0.39, 0.29) is 5.54 Å². The number of methoxy groups -OCH3 is 2. The van der Waals surface area contributed by atoms with Gasteiger partial charge >= 0.3 is 0 Å². The maximum atomic E-state index is 7.58. The number of anilines is 1. The Morgan fingerprint density at radius 2 is 1.00 bits per heavy atom. The van der Waals surface area contributed by atoms with Crippen molar-refractivity contribution in [1.29, 1.82) is 0 Å². The van der Waals surface area contributed by atoms with Crippen molar-refractivity contribution in [1.82, 2.24) is 0 Å². The average Bonchev–Trinajstić information content (AvgIpc) is 3.44. The van der Waals surface area contributed by atoms with Gasteiger partial charge in [-0.25, -0.2) is 0 Å². The molecule has 0 saturated carbocycles. The minimum absolute atomic E-state index is 0.189. The molecule has 6 aromatic rings. The Morgan fingerprint density at radius 3 is 1.56 bits per heavy atom. The van der Waals surface area contributed by atoms with Crippen LogP contribution in [0, 0.1) is 0 Å². The van der Waals surface area contributed by atoms with E-state index < -0.39 is 5.60 Å². The summed E-state index contributed by atoms with van der Waals surface area (Å²) in [5, 5.41) is 2.09. The van der Waals surface area contributed by atoms with Crippen molar-refractivity contribution in [3.05, 3.63) is 138 Å². The smallest absolute Gasteiger partial charge is 0.178 e. The van der Waals surface area contributed by atoms with Crippen molar-refractivity contribution in [3.8, 4) is 51.0 Å². The number of ether oxygens (including phenoxy) is 5. The maximum absolute atomic E-state index is 7.58. The van der Waals surface area contributed by atoms with Crippen LogP contribution in [0.4, 0.5) is 5.69 Å². The van der Waals surface area contributed by atoms with Crippen molar-refractivity contribution in [3.63, 3.8) is 0 Å². The van der Waals surface area contributed by atoms with Gasteiger partial charge in [-0.15, -0.1) is 0 Å². The van der Waals surface area contributed by atoms with Crippen molar-refractivity contribution >= 4 is 22.5 Å². The van der Waals surface area contributed by atoms with E-state index in [1.54, 1.807) is 14.2 Å². The predicted molar refractivity (Wildman–Crippen MR) is 303 cm³/mol. The molecule has 2 heterocycles. The lowest BCUT2D eigenvalue weighted by molar-refractivity contribution is 0.161. The van der Waals surface area contributed by atoms with Gasteiger partial charge in [0.25, 0.3) is 0 Å². The van der Waals surface area contributed by atoms with Gasteiger partial charge < -0.3 is 28.6 Å². The number of unbranched alkanes of at least 4 members (excludes halogenated alkanes) is 12. The van der Waals surface area contributed by atoms with E-state index in [0.717, 1.165) is 112 Å². The third-order valence-corrected chi connectivity index (χ3v) is 15.9. The van der Waals surface area contributed by atoms with Crippen LogP contribution in [0.25, 0.3) is 39.1 Å². The molecule has 0 aromatic heterocycles. The average molecular weight is 970 g/mol. The minimum Gasteiger partial charge on any atom is -0.494 e. The molecule has 0 radical (unpaired) electrons. The van der Waals surface area contributed by atoms with Crippen LogP contribution in [0.2, 0.25) is 0 Å². The highest BCUT2D eigenvalue weighted by atomic mass is 16.5. The summed E-state index contributed by atoms with van der Waals surface area (Å²) in [6.07, 6.45) is 28.4. The molecular weight excluding hydrogens is 887 g/mol. The Balaban J connectivity index is 1.08. The van der Waals surface area contributed by atoms with Crippen LogP contribution in [-0.4, -0.2) is 39.5 Å². The zero-order valence-corrected chi connectivity index (χ0v) is 44.7. The van der Waals surface area contributed by atoms with Crippen LogP contribution < -0.4 is 28.6 Å². The Morgan fingerprint density at radius 1 is 0.514 bits per heavy atom. The van der Waals surface area contributed by atoms with E-state index in [0.29, 0.717) is 11.5 Å². The van der Waals surface area contributed by atoms with Crippen molar-refractivity contribution in [2.75, 3.05) is 38.9 Å². The predicted octanol–water partition coefficient (Wildman–Crippen LogP) is 18.3. The molecule has 2 aliphatic heterocycles. The summed E-state index contributed by atoms with van der Waals surface area (Å²) in [5.41, 5.74) is 8.13. The molecule has 0 bridgehead atoms. The maximum Gasteiger partial charge on any atom is 0.178 e. The van der Waals surface area contributed by atoms with Crippen LogP contribution in [0.3, 0.4) is 0 Å². The molecule has 1 fully saturated rings. The van der Waals surface area contributed by atoms with E-state index in [9.17, 15) is 0 Å². The lowest BCUT2D eigenvalue weighted by Gasteiger charge is -2.48. The topological polar surface area (TPSA) is 49.4 Å². The zero-order valence-electron chi connectivity index (χ0n) is 44.7. The largest absolute Gasteiger partial charge is 0.494 e. The fraction of sp³-hybridized carbons (Fsp3) is 0.455. The summed E-state index contributed by atoms with van der Waals surface area (Å²) in [6.45, 7) is 11.8. The molecule has 6 aromatic carbocycles. The third kappa shape index (κ3) is 12.1. The monoisotopic (exact) mass is 970 g/mol. The fourth-order valence-corrected chi connectivity index (χ4v) is 11.4. The molecule has 72 heavy (non-hydrogen) atoms. The molecule has 1 atom stereocenters. The van der Waals surface area contributed by atoms with Crippen LogP contribution in [0.15, 0.2) is 121 Å². The summed E-state index contributed by atoms with van der Waals surface area (Å²) in [4.78, 5) is 2.68. The Bertz CT molecular complexity index is 2630. The van der Waals surface area contributed by atoms with Gasteiger partial charge in [-0.05, 0) is 145 Å². The SMILES string of the molecule is CCCCCCCCCCCCOc1ccc(-c2ccc(-c3cc4c(c5cc(OC)c(OC)cc35)C=CC(c3ccc(OCCCCCC)cc3)(c3ccc(N5CCCCC5(CC)CC)cc3)O4)cc2)cc1. The molecule has 0 amide bonds. The second-order valence-electron chi connectivity index (χ2n) is 20.4. The Kier molecular flexibility index (Phi) is 18.7. The second-order valence-corrected chi connectivity index (χ2v) is 20.4. The van der Waals surface area contributed by atoms with Gasteiger partial charge in [0.15, 0.2) is 17.1 Å². The normalized spacial score (nSPS) is 16.1. The zero-order chi connectivity index (χ0) is 50.2. The minimum atomic E-state index is -0.909. The number of nitrogens with zero attached hydrogens (tertiary/aromatic N) is 1. The first-order chi connectivity index (χ1) is 35.4. The highest BCUT2D eigenvalue weighted by Gasteiger charge is 2.40. The molecule has 1 saturated heterocycles. The highest BCUT2D eigenvalue weighted by molar-refractivity contribution is 6.05. The number of rotatable bonds is 27. The van der Waals surface area contributed by atoms with Crippen molar-refractivity contribution in [2.24, 2.45) is 0 Å². The van der Waals surface area contributed by atoms with E-state index in [1.807, 2.05) is 0 Å². The molecule has 0 N–H and O–H groups in total. The first-order valence-electron chi connectivity index (χ1n) is 27.9. The molecule has 2 aliphatic rings. The van der Waals surface area contributed by atoms with Gasteiger partial charge in [0, 0.05) is 34.5 Å². The summed E-state index contributed by atoms with van der Waals surface area (Å²) in [6, 6.07) is 41.7. The van der Waals surface area contributed by atoms with Crippen LogP contribution in [0.5, 0.6) is 28.7 Å². The first-order valence-corrected chi connectivity index (χ1v) is 27.9. The summed E-state index contributed by atoms with van der Waals surface area (Å²) >= 11 is 0. The van der Waals surface area contributed by atoms with Gasteiger partial charge in [0.05, 0.1) is 27.4 Å². The highest BCUT2D eigenvalue weighted by Crippen LogP contribution is 2.50. The van der Waals surface area contributed by atoms with Gasteiger partial charge in [-0.1, -0.05) is 165 Å². The fourth-order valence-electron chi connectivity index (χ4n) is 11.4. The number of fused-ring (bicyclic) bond motifs is 3. The molecule has 0 spiro atoms. The Labute approximate surface area is 433 Å². The number of piperidine rings is 1. The summed E-state index contributed by atoms with van der Waals surface area (Å²) in [7, 11) is 3.40. The number of hydrogen-bond donors (Lipinski definition) is 0. The molecule has 0 aliphatic carbocycles. The van der Waals surface area contributed by atoms with Gasteiger partial charge in [0.1, 0.15) is 17.2 Å². The number of benzene rings is 6. The van der Waals surface area contributed by atoms with Gasteiger partial charge in [-0.3, -0.25) is 0 Å².